The van der Waals surface area contributed by atoms with E-state index in [-0.39, 0.29) is 49.0 Å². The standard InChI is InChI=1S/C41H52FN5O9S/c1-22-7-5-6-8-26-20-41(26,38(50)46-57(52,53)40(3)10-11-40)45-35(48)32-19-29(55-36-31-17-27(42)18-33(54-4)30(31)9-12-43-36)21-47(32)37(49)34(23(2)13-22)44-39(51)56-28-15-24-14-25(24)16-28/h6,8-9,12,17-18,22-26,28-29,32,34H,5,7,10-11,13-16,19-21H2,1-4H3,(H,44,51)(H,45,48)(H,46,50)/b8-6-/t22-,23-,24-,25+,26-,28+,29-,32+,34+,41-/m1/s1. The zero-order valence-electron chi connectivity index (χ0n) is 32.8. The Hall–Kier alpha value is -4.47. The summed E-state index contributed by atoms with van der Waals surface area (Å²) < 4.78 is 59.9. The summed E-state index contributed by atoms with van der Waals surface area (Å²) in [4.78, 5) is 62.5. The molecule has 0 spiro atoms. The largest absolute Gasteiger partial charge is 0.496 e. The number of pyridine rings is 1. The Kier molecular flexibility index (Phi) is 10.2. The second-order valence-electron chi connectivity index (χ2n) is 17.7. The van der Waals surface area contributed by atoms with Crippen molar-refractivity contribution in [3.05, 3.63) is 42.4 Å². The molecular formula is C41H52FN5O9S. The molecule has 4 aliphatic carbocycles. The minimum atomic E-state index is -4.02. The molecule has 3 heterocycles. The highest BCUT2D eigenvalue weighted by Gasteiger charge is 2.63. The minimum Gasteiger partial charge on any atom is -0.496 e. The van der Waals surface area contributed by atoms with Gasteiger partial charge in [0.25, 0.3) is 5.91 Å². The number of methoxy groups -OCH3 is 1. The van der Waals surface area contributed by atoms with E-state index in [1.54, 1.807) is 13.0 Å². The number of halogens is 1. The van der Waals surface area contributed by atoms with Crippen LogP contribution in [0, 0.1) is 35.4 Å². The minimum absolute atomic E-state index is 0.0382. The van der Waals surface area contributed by atoms with Crippen LogP contribution < -0.4 is 24.8 Å². The number of benzene rings is 1. The van der Waals surface area contributed by atoms with Crippen molar-refractivity contribution < 1.29 is 46.2 Å². The maximum Gasteiger partial charge on any atom is 0.408 e. The first-order valence-corrected chi connectivity index (χ1v) is 21.7. The maximum absolute atomic E-state index is 14.9. The smallest absolute Gasteiger partial charge is 0.408 e. The fraction of sp³-hybridized carbons (Fsp3) is 0.634. The number of alkyl carbamates (subject to hydrolysis) is 1. The molecule has 2 aromatic rings. The summed E-state index contributed by atoms with van der Waals surface area (Å²) in [6.45, 7) is 5.45. The summed E-state index contributed by atoms with van der Waals surface area (Å²) in [6, 6.07) is 1.94. The van der Waals surface area contributed by atoms with Gasteiger partial charge in [-0.15, -0.1) is 0 Å². The maximum atomic E-state index is 14.9. The van der Waals surface area contributed by atoms with Gasteiger partial charge in [0, 0.05) is 30.0 Å². The lowest BCUT2D eigenvalue weighted by atomic mass is 9.88. The van der Waals surface area contributed by atoms with Crippen molar-refractivity contribution in [1.82, 2.24) is 25.2 Å². The van der Waals surface area contributed by atoms with Crippen molar-refractivity contribution in [2.45, 2.75) is 120 Å². The number of hydrogen-bond acceptors (Lipinski definition) is 10. The molecule has 5 fully saturated rings. The topological polar surface area (TPSA) is 182 Å². The van der Waals surface area contributed by atoms with Gasteiger partial charge >= 0.3 is 6.09 Å². The number of rotatable bonds is 8. The normalized spacial score (nSPS) is 35.0. The molecule has 57 heavy (non-hydrogen) atoms. The average molecular weight is 810 g/mol. The van der Waals surface area contributed by atoms with Crippen molar-refractivity contribution in [2.24, 2.45) is 29.6 Å². The fourth-order valence-electron chi connectivity index (χ4n) is 9.28. The van der Waals surface area contributed by atoms with Crippen molar-refractivity contribution in [2.75, 3.05) is 13.7 Å². The van der Waals surface area contributed by atoms with Crippen LogP contribution in [0.2, 0.25) is 0 Å². The number of nitrogens with one attached hydrogen (secondary N) is 3. The van der Waals surface area contributed by atoms with E-state index in [0.717, 1.165) is 25.7 Å². The van der Waals surface area contributed by atoms with Gasteiger partial charge < -0.3 is 29.7 Å². The molecule has 2 aliphatic heterocycles. The van der Waals surface area contributed by atoms with Crippen LogP contribution in [0.25, 0.3) is 10.8 Å². The molecule has 1 aromatic carbocycles. The van der Waals surface area contributed by atoms with Crippen LogP contribution in [0.4, 0.5) is 9.18 Å². The summed E-state index contributed by atoms with van der Waals surface area (Å²) in [6.07, 6.45) is 9.33. The zero-order chi connectivity index (χ0) is 40.4. The van der Waals surface area contributed by atoms with Crippen molar-refractivity contribution in [1.29, 1.82) is 0 Å². The average Bonchev–Trinajstić information content (AvgIpc) is 4.12. The van der Waals surface area contributed by atoms with E-state index in [1.807, 2.05) is 19.1 Å². The summed E-state index contributed by atoms with van der Waals surface area (Å²) >= 11 is 0. The first-order chi connectivity index (χ1) is 27.1. The quantitative estimate of drug-likeness (QED) is 0.321. The highest BCUT2D eigenvalue weighted by atomic mass is 32.2. The molecule has 8 rings (SSSR count). The molecule has 10 atom stereocenters. The van der Waals surface area contributed by atoms with Gasteiger partial charge in [-0.05, 0) is 101 Å². The van der Waals surface area contributed by atoms with E-state index in [4.69, 9.17) is 14.2 Å². The van der Waals surface area contributed by atoms with Crippen LogP contribution >= 0.6 is 0 Å². The monoisotopic (exact) mass is 809 g/mol. The van der Waals surface area contributed by atoms with Crippen LogP contribution in [-0.2, 0) is 29.1 Å². The van der Waals surface area contributed by atoms with Gasteiger partial charge in [0.15, 0.2) is 0 Å². The Morgan fingerprint density at radius 2 is 1.79 bits per heavy atom. The first-order valence-electron chi connectivity index (χ1n) is 20.2. The molecule has 16 heteroatoms. The van der Waals surface area contributed by atoms with Gasteiger partial charge in [0.2, 0.25) is 27.7 Å². The van der Waals surface area contributed by atoms with E-state index in [0.29, 0.717) is 48.3 Å². The molecule has 0 radical (unpaired) electrons. The number of ether oxygens (including phenoxy) is 3. The van der Waals surface area contributed by atoms with Gasteiger partial charge in [0.05, 0.1) is 23.8 Å². The predicted octanol–water partition coefficient (Wildman–Crippen LogP) is 4.51. The van der Waals surface area contributed by atoms with Gasteiger partial charge in [-0.1, -0.05) is 26.0 Å². The number of hydrogen-bond donors (Lipinski definition) is 3. The van der Waals surface area contributed by atoms with Crippen LogP contribution in [0.15, 0.2) is 36.5 Å². The van der Waals surface area contributed by atoms with Crippen LogP contribution in [0.1, 0.15) is 85.0 Å². The van der Waals surface area contributed by atoms with Crippen molar-refractivity contribution in [3.63, 3.8) is 0 Å². The van der Waals surface area contributed by atoms with E-state index >= 15 is 0 Å². The van der Waals surface area contributed by atoms with Crippen LogP contribution in [0.5, 0.6) is 11.6 Å². The lowest BCUT2D eigenvalue weighted by molar-refractivity contribution is -0.142. The number of carbonyl (C=O) groups is 4. The van der Waals surface area contributed by atoms with Gasteiger partial charge in [-0.3, -0.25) is 19.1 Å². The van der Waals surface area contributed by atoms with Gasteiger partial charge in [-0.25, -0.2) is 22.6 Å². The SMILES string of the molecule is COc1cc(F)cc2c(O[C@@H]3C[C@H]4C(=O)N[C@]5(C(=O)NS(=O)(=O)C6(C)CC6)C[C@H]5/C=C\CC[C@@H](C)C[C@@H](C)[C@H](NC(=O)O[C@@H]5C[C@@H]6C[C@@H]6C5)C(=O)N4C3)nccc12. The molecule has 0 bridgehead atoms. The molecule has 6 aliphatic rings. The summed E-state index contributed by atoms with van der Waals surface area (Å²) in [7, 11) is -2.60. The third-order valence-corrected chi connectivity index (χ3v) is 15.4. The molecule has 1 saturated heterocycles. The van der Waals surface area contributed by atoms with Crippen LogP contribution in [-0.4, -0.2) is 90.3 Å². The van der Waals surface area contributed by atoms with E-state index in [2.05, 4.69) is 27.3 Å². The number of nitrogens with zero attached hydrogens (tertiary/aromatic N) is 2. The number of sulfonamides is 1. The Labute approximate surface area is 332 Å². The highest BCUT2D eigenvalue weighted by molar-refractivity contribution is 7.91. The zero-order valence-corrected chi connectivity index (χ0v) is 33.6. The van der Waals surface area contributed by atoms with Crippen molar-refractivity contribution in [3.8, 4) is 11.6 Å². The molecule has 308 valence electrons. The van der Waals surface area contributed by atoms with E-state index < -0.39 is 74.0 Å². The number of amides is 4. The van der Waals surface area contributed by atoms with E-state index in [9.17, 15) is 32.0 Å². The first kappa shape index (κ1) is 39.4. The number of fused-ring (bicyclic) bond motifs is 4. The lowest BCUT2D eigenvalue weighted by Gasteiger charge is -2.33. The van der Waals surface area contributed by atoms with E-state index in [1.165, 1.54) is 30.3 Å². The molecule has 3 N–H and O–H groups in total. The molecule has 0 unspecified atom stereocenters. The molecule has 14 nitrogen and oxygen atoms in total. The molecule has 4 amide bonds. The van der Waals surface area contributed by atoms with Crippen molar-refractivity contribution >= 4 is 44.6 Å². The van der Waals surface area contributed by atoms with Gasteiger partial charge in [0.1, 0.15) is 41.4 Å². The van der Waals surface area contributed by atoms with Crippen LogP contribution in [0.3, 0.4) is 0 Å². The molecule has 4 saturated carbocycles. The second kappa shape index (κ2) is 14.7. The lowest BCUT2D eigenvalue weighted by Crippen LogP contribution is -2.59. The van der Waals surface area contributed by atoms with Gasteiger partial charge in [-0.2, -0.15) is 0 Å². The summed E-state index contributed by atoms with van der Waals surface area (Å²) in [5.74, 6) is -1.76. The third kappa shape index (κ3) is 7.77. The Balaban J connectivity index is 1.11. The Morgan fingerprint density at radius 1 is 1.04 bits per heavy atom. The molecular weight excluding hydrogens is 758 g/mol. The number of carbonyl (C=O) groups excluding carboxylic acids is 4. The molecule has 1 aromatic heterocycles. The third-order valence-electron chi connectivity index (χ3n) is 13.3. The predicted molar refractivity (Wildman–Crippen MR) is 206 cm³/mol. The highest BCUT2D eigenvalue weighted by Crippen LogP contribution is 2.52. The Morgan fingerprint density at radius 3 is 2.51 bits per heavy atom. The summed E-state index contributed by atoms with van der Waals surface area (Å²) in [5.41, 5.74) is -1.56. The summed E-state index contributed by atoms with van der Waals surface area (Å²) in [5, 5.41) is 6.63. The Bertz CT molecular complexity index is 2100. The second-order valence-corrected chi connectivity index (χ2v) is 19.9. The fourth-order valence-corrected chi connectivity index (χ4v) is 10.6. The number of allylic oxidation sites excluding steroid dienone is 1. The number of aromatic nitrogens is 1.